The molecule has 13 heavy (non-hydrogen) atoms. The summed E-state index contributed by atoms with van der Waals surface area (Å²) in [6.45, 7) is 1.56. The first kappa shape index (κ1) is 9.44. The molecule has 0 saturated carbocycles. The highest BCUT2D eigenvalue weighted by Crippen LogP contribution is 2.22. The Morgan fingerprint density at radius 2 is 2.38 bits per heavy atom. The molecule has 0 aliphatic heterocycles. The predicted octanol–water partition coefficient (Wildman–Crippen LogP) is 0.673. The molecule has 0 aromatic carbocycles. The molecule has 5 nitrogen and oxygen atoms in total. The molecular formula is C8H10N2O3. The number of aliphatic carboxylic acids is 1. The highest BCUT2D eigenvalue weighted by Gasteiger charge is 2.18. The first-order chi connectivity index (χ1) is 6.16. The lowest BCUT2D eigenvalue weighted by Crippen LogP contribution is -2.10. The topological polar surface area (TPSA) is 72.3 Å². The summed E-state index contributed by atoms with van der Waals surface area (Å²) in [5.74, 6) is -1.27. The molecule has 0 spiro atoms. The fraction of sp³-hybridized carbons (Fsp3) is 0.375. The lowest BCUT2D eigenvalue weighted by Gasteiger charge is -2.08. The number of carbonyl (C=O) groups is 1. The fourth-order valence-corrected chi connectivity index (χ4v) is 0.930. The van der Waals surface area contributed by atoms with E-state index in [-0.39, 0.29) is 0 Å². The average Bonchev–Trinajstić information content (AvgIpc) is 2.16. The van der Waals surface area contributed by atoms with Gasteiger partial charge in [-0.25, -0.2) is 9.97 Å². The molecule has 0 amide bonds. The van der Waals surface area contributed by atoms with Crippen LogP contribution in [0.2, 0.25) is 0 Å². The number of rotatable bonds is 3. The van der Waals surface area contributed by atoms with E-state index in [9.17, 15) is 4.79 Å². The van der Waals surface area contributed by atoms with Gasteiger partial charge in [-0.3, -0.25) is 4.79 Å². The average molecular weight is 182 g/mol. The van der Waals surface area contributed by atoms with Crippen molar-refractivity contribution in [2.75, 3.05) is 7.11 Å². The van der Waals surface area contributed by atoms with E-state index in [1.807, 2.05) is 0 Å². The third-order valence-electron chi connectivity index (χ3n) is 1.73. The summed E-state index contributed by atoms with van der Waals surface area (Å²) in [7, 11) is 1.44. The van der Waals surface area contributed by atoms with Gasteiger partial charge in [0.05, 0.1) is 13.0 Å². The van der Waals surface area contributed by atoms with E-state index in [0.717, 1.165) is 0 Å². The smallest absolute Gasteiger partial charge is 0.310 e. The first-order valence-corrected chi connectivity index (χ1v) is 3.73. The summed E-state index contributed by atoms with van der Waals surface area (Å²) >= 11 is 0. The van der Waals surface area contributed by atoms with Gasteiger partial charge >= 0.3 is 5.97 Å². The van der Waals surface area contributed by atoms with Crippen LogP contribution in [0, 0.1) is 0 Å². The van der Waals surface area contributed by atoms with Crippen molar-refractivity contribution in [1.82, 2.24) is 9.97 Å². The molecule has 1 N–H and O–H groups in total. The molecule has 0 aliphatic carbocycles. The Labute approximate surface area is 75.4 Å². The van der Waals surface area contributed by atoms with Crippen LogP contribution in [0.4, 0.5) is 0 Å². The van der Waals surface area contributed by atoms with Crippen LogP contribution in [0.25, 0.3) is 0 Å². The molecule has 1 heterocycles. The Bertz CT molecular complexity index is 314. The second kappa shape index (κ2) is 3.84. The normalized spacial score (nSPS) is 12.2. The van der Waals surface area contributed by atoms with Gasteiger partial charge in [-0.05, 0) is 6.92 Å². The van der Waals surface area contributed by atoms with E-state index in [4.69, 9.17) is 9.84 Å². The molecule has 70 valence electrons. The molecule has 1 atom stereocenters. The summed E-state index contributed by atoms with van der Waals surface area (Å²) in [6, 6.07) is 0. The molecule has 0 fully saturated rings. The van der Waals surface area contributed by atoms with Gasteiger partial charge in [-0.1, -0.05) is 0 Å². The number of methoxy groups -OCH3 is 1. The van der Waals surface area contributed by atoms with Crippen LogP contribution in [0.1, 0.15) is 18.4 Å². The highest BCUT2D eigenvalue weighted by molar-refractivity contribution is 5.76. The minimum absolute atomic E-state index is 0.310. The van der Waals surface area contributed by atoms with Crippen LogP contribution in [0.5, 0.6) is 5.88 Å². The Hall–Kier alpha value is -1.65. The monoisotopic (exact) mass is 182 g/mol. The van der Waals surface area contributed by atoms with Gasteiger partial charge < -0.3 is 9.84 Å². The lowest BCUT2D eigenvalue weighted by molar-refractivity contribution is -0.138. The van der Waals surface area contributed by atoms with Crippen LogP contribution in [-0.2, 0) is 4.79 Å². The minimum Gasteiger partial charge on any atom is -0.481 e. The third kappa shape index (κ3) is 1.93. The molecule has 1 aromatic rings. The maximum absolute atomic E-state index is 10.7. The summed E-state index contributed by atoms with van der Waals surface area (Å²) in [4.78, 5) is 18.2. The quantitative estimate of drug-likeness (QED) is 0.743. The van der Waals surface area contributed by atoms with Gasteiger partial charge in [0.15, 0.2) is 0 Å². The van der Waals surface area contributed by atoms with Gasteiger partial charge in [0.1, 0.15) is 6.33 Å². The largest absolute Gasteiger partial charge is 0.481 e. The number of ether oxygens (including phenoxy) is 1. The molecule has 5 heteroatoms. The van der Waals surface area contributed by atoms with Gasteiger partial charge in [0.25, 0.3) is 0 Å². The second-order valence-corrected chi connectivity index (χ2v) is 2.55. The van der Waals surface area contributed by atoms with Crippen molar-refractivity contribution >= 4 is 5.97 Å². The molecule has 0 bridgehead atoms. The highest BCUT2D eigenvalue weighted by atomic mass is 16.5. The van der Waals surface area contributed by atoms with Crippen molar-refractivity contribution in [1.29, 1.82) is 0 Å². The zero-order chi connectivity index (χ0) is 9.84. The van der Waals surface area contributed by atoms with Crippen LogP contribution in [0.3, 0.4) is 0 Å². The van der Waals surface area contributed by atoms with Crippen molar-refractivity contribution in [2.45, 2.75) is 12.8 Å². The zero-order valence-corrected chi connectivity index (χ0v) is 7.39. The van der Waals surface area contributed by atoms with Crippen LogP contribution >= 0.6 is 0 Å². The maximum atomic E-state index is 10.7. The van der Waals surface area contributed by atoms with E-state index in [0.29, 0.717) is 11.4 Å². The Morgan fingerprint density at radius 1 is 1.69 bits per heavy atom. The Balaban J connectivity index is 3.05. The number of carboxylic acids is 1. The van der Waals surface area contributed by atoms with Crippen molar-refractivity contribution in [3.63, 3.8) is 0 Å². The van der Waals surface area contributed by atoms with Crippen molar-refractivity contribution < 1.29 is 14.6 Å². The van der Waals surface area contributed by atoms with Crippen LogP contribution in [0.15, 0.2) is 12.5 Å². The van der Waals surface area contributed by atoms with Gasteiger partial charge in [0, 0.05) is 11.8 Å². The van der Waals surface area contributed by atoms with Crippen LogP contribution in [-0.4, -0.2) is 28.2 Å². The maximum Gasteiger partial charge on any atom is 0.310 e. The van der Waals surface area contributed by atoms with E-state index >= 15 is 0 Å². The zero-order valence-electron chi connectivity index (χ0n) is 7.39. The minimum atomic E-state index is -0.923. The van der Waals surface area contributed by atoms with Crippen molar-refractivity contribution in [2.24, 2.45) is 0 Å². The standard InChI is InChI=1S/C8H10N2O3/c1-5(8(11)12)6-3-9-4-10-7(6)13-2/h3-5H,1-2H3,(H,11,12)/t5-/m0/s1. The first-order valence-electron chi connectivity index (χ1n) is 3.73. The van der Waals surface area contributed by atoms with E-state index in [1.54, 1.807) is 6.92 Å². The third-order valence-corrected chi connectivity index (χ3v) is 1.73. The van der Waals surface area contributed by atoms with Crippen LogP contribution < -0.4 is 4.74 Å². The Morgan fingerprint density at radius 3 is 2.92 bits per heavy atom. The molecule has 0 aliphatic rings. The van der Waals surface area contributed by atoms with E-state index in [2.05, 4.69) is 9.97 Å². The predicted molar refractivity (Wildman–Crippen MR) is 44.6 cm³/mol. The fourth-order valence-electron chi connectivity index (χ4n) is 0.930. The number of nitrogens with zero attached hydrogens (tertiary/aromatic N) is 2. The molecule has 0 saturated heterocycles. The van der Waals surface area contributed by atoms with Crippen molar-refractivity contribution in [3.05, 3.63) is 18.1 Å². The van der Waals surface area contributed by atoms with E-state index in [1.165, 1.54) is 19.6 Å². The second-order valence-electron chi connectivity index (χ2n) is 2.55. The molecular weight excluding hydrogens is 172 g/mol. The van der Waals surface area contributed by atoms with Crippen molar-refractivity contribution in [3.8, 4) is 5.88 Å². The Kier molecular flexibility index (Phi) is 2.79. The summed E-state index contributed by atoms with van der Waals surface area (Å²) in [6.07, 6.45) is 2.77. The summed E-state index contributed by atoms with van der Waals surface area (Å²) in [5, 5.41) is 8.74. The molecule has 1 aromatic heterocycles. The summed E-state index contributed by atoms with van der Waals surface area (Å²) < 4.78 is 4.90. The van der Waals surface area contributed by atoms with Gasteiger partial charge in [-0.15, -0.1) is 0 Å². The SMILES string of the molecule is COc1ncncc1[C@H](C)C(=O)O. The number of carboxylic acid groups (broad SMARTS) is 1. The molecule has 0 unspecified atom stereocenters. The number of aromatic nitrogens is 2. The lowest BCUT2D eigenvalue weighted by atomic mass is 10.1. The van der Waals surface area contributed by atoms with Gasteiger partial charge in [0.2, 0.25) is 5.88 Å². The molecule has 0 radical (unpaired) electrons. The molecule has 1 rings (SSSR count). The van der Waals surface area contributed by atoms with E-state index < -0.39 is 11.9 Å². The van der Waals surface area contributed by atoms with Gasteiger partial charge in [-0.2, -0.15) is 0 Å². The number of hydrogen-bond acceptors (Lipinski definition) is 4. The summed E-state index contributed by atoms with van der Waals surface area (Å²) in [5.41, 5.74) is 0.484. The number of hydrogen-bond donors (Lipinski definition) is 1.